The molecule has 1 aromatic rings. The minimum Gasteiger partial charge on any atom is -0.469 e. The van der Waals surface area contributed by atoms with Crippen LogP contribution in [0.4, 0.5) is 0 Å². The molecule has 0 aromatic heterocycles. The Morgan fingerprint density at radius 3 is 2.75 bits per heavy atom. The minimum absolute atomic E-state index is 0.0823. The van der Waals surface area contributed by atoms with E-state index in [4.69, 9.17) is 4.74 Å². The van der Waals surface area contributed by atoms with Gasteiger partial charge < -0.3 is 4.74 Å². The van der Waals surface area contributed by atoms with Crippen LogP contribution < -0.4 is 0 Å². The first kappa shape index (κ1) is 10.9. The van der Waals surface area contributed by atoms with Crippen molar-refractivity contribution < 1.29 is 9.53 Å². The third-order valence-electron chi connectivity index (χ3n) is 3.03. The van der Waals surface area contributed by atoms with E-state index in [0.717, 1.165) is 30.4 Å². The second kappa shape index (κ2) is 4.97. The van der Waals surface area contributed by atoms with Crippen molar-refractivity contribution >= 4 is 11.5 Å². The fraction of sp³-hybridized carbons (Fsp3) is 0.357. The van der Waals surface area contributed by atoms with Gasteiger partial charge >= 0.3 is 5.97 Å². The molecule has 0 N–H and O–H groups in total. The lowest BCUT2D eigenvalue weighted by Gasteiger charge is -2.22. The highest BCUT2D eigenvalue weighted by atomic mass is 16.5. The SMILES string of the molecule is COC(=O)[C@H]1CCCC=C1c1ccccc1. The number of hydrogen-bond acceptors (Lipinski definition) is 2. The van der Waals surface area contributed by atoms with Gasteiger partial charge in [-0.2, -0.15) is 0 Å². The molecule has 0 saturated carbocycles. The van der Waals surface area contributed by atoms with E-state index in [0.29, 0.717) is 0 Å². The number of carbonyl (C=O) groups is 1. The predicted octanol–water partition coefficient (Wildman–Crippen LogP) is 3.04. The molecular weight excluding hydrogens is 200 g/mol. The fourth-order valence-corrected chi connectivity index (χ4v) is 2.21. The van der Waals surface area contributed by atoms with Gasteiger partial charge in [-0.3, -0.25) is 4.79 Å². The zero-order valence-electron chi connectivity index (χ0n) is 9.48. The van der Waals surface area contributed by atoms with Gasteiger partial charge in [-0.15, -0.1) is 0 Å². The maximum atomic E-state index is 11.7. The molecule has 2 heteroatoms. The molecule has 2 rings (SSSR count). The molecule has 1 atom stereocenters. The molecule has 0 amide bonds. The second-order valence-corrected chi connectivity index (χ2v) is 4.03. The van der Waals surface area contributed by atoms with Crippen LogP contribution in [0, 0.1) is 5.92 Å². The summed E-state index contributed by atoms with van der Waals surface area (Å²) >= 11 is 0. The van der Waals surface area contributed by atoms with Gasteiger partial charge in [0.15, 0.2) is 0 Å². The van der Waals surface area contributed by atoms with E-state index < -0.39 is 0 Å². The maximum Gasteiger partial charge on any atom is 0.313 e. The van der Waals surface area contributed by atoms with Gasteiger partial charge in [-0.25, -0.2) is 0 Å². The van der Waals surface area contributed by atoms with Gasteiger partial charge in [0, 0.05) is 0 Å². The van der Waals surface area contributed by atoms with E-state index in [-0.39, 0.29) is 11.9 Å². The molecule has 0 bridgehead atoms. The van der Waals surface area contributed by atoms with Crippen molar-refractivity contribution in [2.24, 2.45) is 5.92 Å². The molecule has 2 nitrogen and oxygen atoms in total. The second-order valence-electron chi connectivity index (χ2n) is 4.03. The first-order valence-corrected chi connectivity index (χ1v) is 5.66. The third-order valence-corrected chi connectivity index (χ3v) is 3.03. The van der Waals surface area contributed by atoms with Gasteiger partial charge in [0.2, 0.25) is 0 Å². The summed E-state index contributed by atoms with van der Waals surface area (Å²) in [6.07, 6.45) is 5.18. The average molecular weight is 216 g/mol. The Labute approximate surface area is 95.9 Å². The van der Waals surface area contributed by atoms with Crippen molar-refractivity contribution in [2.75, 3.05) is 7.11 Å². The highest BCUT2D eigenvalue weighted by Gasteiger charge is 2.26. The summed E-state index contributed by atoms with van der Waals surface area (Å²) in [5, 5.41) is 0. The van der Waals surface area contributed by atoms with Crippen molar-refractivity contribution in [2.45, 2.75) is 19.3 Å². The molecule has 1 aliphatic carbocycles. The van der Waals surface area contributed by atoms with Crippen molar-refractivity contribution in [3.05, 3.63) is 42.0 Å². The van der Waals surface area contributed by atoms with Crippen molar-refractivity contribution in [3.63, 3.8) is 0 Å². The van der Waals surface area contributed by atoms with Gasteiger partial charge in [-0.05, 0) is 30.4 Å². The van der Waals surface area contributed by atoms with Crippen molar-refractivity contribution in [1.29, 1.82) is 0 Å². The Kier molecular flexibility index (Phi) is 3.40. The molecule has 0 unspecified atom stereocenters. The average Bonchev–Trinajstić information content (AvgIpc) is 2.39. The summed E-state index contributed by atoms with van der Waals surface area (Å²) in [5.41, 5.74) is 2.26. The lowest BCUT2D eigenvalue weighted by atomic mass is 9.84. The molecular formula is C14H16O2. The molecule has 0 aliphatic heterocycles. The van der Waals surface area contributed by atoms with E-state index in [1.165, 1.54) is 7.11 Å². The van der Waals surface area contributed by atoms with E-state index >= 15 is 0 Å². The summed E-state index contributed by atoms with van der Waals surface area (Å²) in [4.78, 5) is 11.7. The molecule has 0 radical (unpaired) electrons. The highest BCUT2D eigenvalue weighted by Crippen LogP contribution is 2.33. The van der Waals surface area contributed by atoms with Crippen LogP contribution in [-0.2, 0) is 9.53 Å². The molecule has 0 saturated heterocycles. The van der Waals surface area contributed by atoms with E-state index in [1.54, 1.807) is 0 Å². The molecule has 16 heavy (non-hydrogen) atoms. The Balaban J connectivity index is 2.30. The van der Waals surface area contributed by atoms with Crippen LogP contribution in [0.1, 0.15) is 24.8 Å². The molecule has 0 spiro atoms. The zero-order chi connectivity index (χ0) is 11.4. The maximum absolute atomic E-state index is 11.7. The van der Waals surface area contributed by atoms with Crippen molar-refractivity contribution in [3.8, 4) is 0 Å². The molecule has 84 valence electrons. The van der Waals surface area contributed by atoms with Crippen LogP contribution in [0.2, 0.25) is 0 Å². The van der Waals surface area contributed by atoms with Crippen LogP contribution in [0.5, 0.6) is 0 Å². The fourth-order valence-electron chi connectivity index (χ4n) is 2.21. The monoisotopic (exact) mass is 216 g/mol. The number of rotatable bonds is 2. The Morgan fingerprint density at radius 1 is 1.31 bits per heavy atom. The molecule has 0 heterocycles. The van der Waals surface area contributed by atoms with Gasteiger partial charge in [0.25, 0.3) is 0 Å². The van der Waals surface area contributed by atoms with Crippen LogP contribution >= 0.6 is 0 Å². The summed E-state index contributed by atoms with van der Waals surface area (Å²) in [6.45, 7) is 0. The smallest absolute Gasteiger partial charge is 0.313 e. The zero-order valence-corrected chi connectivity index (χ0v) is 9.48. The molecule has 0 fully saturated rings. The standard InChI is InChI=1S/C14H16O2/c1-16-14(15)13-10-6-5-9-12(13)11-7-3-2-4-8-11/h2-4,7-9,13H,5-6,10H2,1H3/t13-/m0/s1. The number of allylic oxidation sites excluding steroid dienone is 1. The first-order valence-electron chi connectivity index (χ1n) is 5.66. The van der Waals surface area contributed by atoms with E-state index in [2.05, 4.69) is 6.08 Å². The van der Waals surface area contributed by atoms with E-state index in [9.17, 15) is 4.79 Å². The Morgan fingerprint density at radius 2 is 2.06 bits per heavy atom. The largest absolute Gasteiger partial charge is 0.469 e. The number of esters is 1. The third kappa shape index (κ3) is 2.16. The topological polar surface area (TPSA) is 26.3 Å². The number of benzene rings is 1. The lowest BCUT2D eigenvalue weighted by molar-refractivity contribution is -0.143. The minimum atomic E-state index is -0.116. The van der Waals surface area contributed by atoms with Gasteiger partial charge in [0.1, 0.15) is 0 Å². The Bertz CT molecular complexity index is 392. The summed E-state index contributed by atoms with van der Waals surface area (Å²) in [6, 6.07) is 10.1. The number of ether oxygens (including phenoxy) is 1. The number of methoxy groups -OCH3 is 1. The number of carbonyl (C=O) groups excluding carboxylic acids is 1. The van der Waals surface area contributed by atoms with Gasteiger partial charge in [-0.1, -0.05) is 36.4 Å². The van der Waals surface area contributed by atoms with Crippen LogP contribution in [-0.4, -0.2) is 13.1 Å². The highest BCUT2D eigenvalue weighted by molar-refractivity contribution is 5.88. The normalized spacial score (nSPS) is 20.1. The predicted molar refractivity (Wildman–Crippen MR) is 63.8 cm³/mol. The van der Waals surface area contributed by atoms with Gasteiger partial charge in [0.05, 0.1) is 13.0 Å². The first-order chi connectivity index (χ1) is 7.83. The molecule has 1 aliphatic rings. The Hall–Kier alpha value is -1.57. The summed E-state index contributed by atoms with van der Waals surface area (Å²) in [7, 11) is 1.46. The quantitative estimate of drug-likeness (QED) is 0.710. The van der Waals surface area contributed by atoms with Crippen LogP contribution in [0.25, 0.3) is 5.57 Å². The molecule has 1 aromatic carbocycles. The van der Waals surface area contributed by atoms with E-state index in [1.807, 2.05) is 30.3 Å². The van der Waals surface area contributed by atoms with Crippen molar-refractivity contribution in [1.82, 2.24) is 0 Å². The lowest BCUT2D eigenvalue weighted by Crippen LogP contribution is -2.20. The van der Waals surface area contributed by atoms with Crippen LogP contribution in [0.3, 0.4) is 0 Å². The number of hydrogen-bond donors (Lipinski definition) is 0. The summed E-state index contributed by atoms with van der Waals surface area (Å²) in [5.74, 6) is -0.198. The van der Waals surface area contributed by atoms with Crippen LogP contribution in [0.15, 0.2) is 36.4 Å². The summed E-state index contributed by atoms with van der Waals surface area (Å²) < 4.78 is 4.86.